The number of anilines is 1. The van der Waals surface area contributed by atoms with Crippen molar-refractivity contribution in [2.24, 2.45) is 5.92 Å². The molecule has 0 saturated heterocycles. The summed E-state index contributed by atoms with van der Waals surface area (Å²) in [6.45, 7) is 6.18. The second kappa shape index (κ2) is 8.66. The van der Waals surface area contributed by atoms with Crippen LogP contribution in [0.2, 0.25) is 0 Å². The van der Waals surface area contributed by atoms with Crippen molar-refractivity contribution in [2.45, 2.75) is 44.6 Å². The summed E-state index contributed by atoms with van der Waals surface area (Å²) in [5, 5.41) is 0. The molecule has 0 heterocycles. The van der Waals surface area contributed by atoms with Crippen LogP contribution in [-0.2, 0) is 10.0 Å². The SMILES string of the molecule is CCC(C)CC(C)NS(=O)(=O)CCSc1ccccc1N. The van der Waals surface area contributed by atoms with Crippen LogP contribution in [0.1, 0.15) is 33.6 Å². The molecule has 0 bridgehead atoms. The van der Waals surface area contributed by atoms with E-state index in [9.17, 15) is 8.42 Å². The van der Waals surface area contributed by atoms with E-state index in [1.807, 2.05) is 31.2 Å². The molecule has 0 fully saturated rings. The number of hydrogen-bond acceptors (Lipinski definition) is 4. The van der Waals surface area contributed by atoms with Gasteiger partial charge in [0, 0.05) is 22.4 Å². The normalized spacial score (nSPS) is 14.8. The lowest BCUT2D eigenvalue weighted by atomic mass is 10.0. The maximum atomic E-state index is 12.0. The van der Waals surface area contributed by atoms with Gasteiger partial charge >= 0.3 is 0 Å². The Bertz CT molecular complexity index is 532. The summed E-state index contributed by atoms with van der Waals surface area (Å²) in [6, 6.07) is 7.49. The van der Waals surface area contributed by atoms with Crippen molar-refractivity contribution in [3.63, 3.8) is 0 Å². The van der Waals surface area contributed by atoms with Gasteiger partial charge in [-0.2, -0.15) is 0 Å². The maximum absolute atomic E-state index is 12.0. The number of nitrogens with one attached hydrogen (secondary N) is 1. The molecule has 0 aromatic heterocycles. The van der Waals surface area contributed by atoms with E-state index < -0.39 is 10.0 Å². The van der Waals surface area contributed by atoms with Crippen LogP contribution in [0.15, 0.2) is 29.2 Å². The topological polar surface area (TPSA) is 72.2 Å². The van der Waals surface area contributed by atoms with Crippen LogP contribution in [0.25, 0.3) is 0 Å². The molecule has 0 aliphatic heterocycles. The fraction of sp³-hybridized carbons (Fsp3) is 0.600. The first-order chi connectivity index (χ1) is 9.84. The molecule has 0 saturated carbocycles. The highest BCUT2D eigenvalue weighted by Gasteiger charge is 2.16. The summed E-state index contributed by atoms with van der Waals surface area (Å²) in [4.78, 5) is 0.931. The van der Waals surface area contributed by atoms with Crippen LogP contribution >= 0.6 is 11.8 Å². The Morgan fingerprint density at radius 1 is 1.29 bits per heavy atom. The first kappa shape index (κ1) is 18.3. The minimum atomic E-state index is -3.23. The van der Waals surface area contributed by atoms with Crippen molar-refractivity contribution in [1.82, 2.24) is 4.72 Å². The van der Waals surface area contributed by atoms with Gasteiger partial charge in [0.05, 0.1) is 5.75 Å². The monoisotopic (exact) mass is 330 g/mol. The van der Waals surface area contributed by atoms with Crippen LogP contribution in [0.5, 0.6) is 0 Å². The van der Waals surface area contributed by atoms with Gasteiger partial charge in [0.1, 0.15) is 0 Å². The molecule has 120 valence electrons. The lowest BCUT2D eigenvalue weighted by Crippen LogP contribution is -2.35. The molecule has 0 spiro atoms. The number of thioether (sulfide) groups is 1. The van der Waals surface area contributed by atoms with Crippen LogP contribution in [-0.4, -0.2) is 26.0 Å². The molecule has 0 aliphatic rings. The number of sulfonamides is 1. The van der Waals surface area contributed by atoms with Crippen molar-refractivity contribution in [3.05, 3.63) is 24.3 Å². The summed E-state index contributed by atoms with van der Waals surface area (Å²) in [5.41, 5.74) is 6.53. The molecule has 2 atom stereocenters. The van der Waals surface area contributed by atoms with E-state index in [0.717, 1.165) is 17.7 Å². The number of nitrogen functional groups attached to an aromatic ring is 1. The average Bonchev–Trinajstić information content (AvgIpc) is 2.39. The molecule has 0 radical (unpaired) electrons. The Morgan fingerprint density at radius 3 is 2.57 bits per heavy atom. The second-order valence-corrected chi connectivity index (χ2v) is 8.48. The van der Waals surface area contributed by atoms with Crippen molar-refractivity contribution in [1.29, 1.82) is 0 Å². The van der Waals surface area contributed by atoms with Gasteiger partial charge in [-0.15, -0.1) is 11.8 Å². The van der Waals surface area contributed by atoms with E-state index in [-0.39, 0.29) is 11.8 Å². The van der Waals surface area contributed by atoms with E-state index in [2.05, 4.69) is 18.6 Å². The lowest BCUT2D eigenvalue weighted by molar-refractivity contribution is 0.446. The molecule has 1 aromatic carbocycles. The Balaban J connectivity index is 2.41. The smallest absolute Gasteiger partial charge is 0.212 e. The van der Waals surface area contributed by atoms with E-state index in [0.29, 0.717) is 17.4 Å². The zero-order valence-electron chi connectivity index (χ0n) is 13.0. The van der Waals surface area contributed by atoms with Gasteiger partial charge < -0.3 is 5.73 Å². The molecule has 1 rings (SSSR count). The van der Waals surface area contributed by atoms with Crippen LogP contribution in [0.4, 0.5) is 5.69 Å². The summed E-state index contributed by atoms with van der Waals surface area (Å²) in [6.07, 6.45) is 1.93. The largest absolute Gasteiger partial charge is 0.398 e. The Labute approximate surface area is 132 Å². The van der Waals surface area contributed by atoms with E-state index in [1.54, 1.807) is 0 Å². The number of rotatable bonds is 9. The highest BCUT2D eigenvalue weighted by molar-refractivity contribution is 8.00. The lowest BCUT2D eigenvalue weighted by Gasteiger charge is -2.17. The summed E-state index contributed by atoms with van der Waals surface area (Å²) < 4.78 is 26.8. The second-order valence-electron chi connectivity index (χ2n) is 5.47. The average molecular weight is 331 g/mol. The maximum Gasteiger partial charge on any atom is 0.212 e. The van der Waals surface area contributed by atoms with Gasteiger partial charge in [-0.05, 0) is 31.4 Å². The highest BCUT2D eigenvalue weighted by Crippen LogP contribution is 2.24. The third-order valence-corrected chi connectivity index (χ3v) is 6.21. The minimum absolute atomic E-state index is 0.0169. The molecule has 3 N–H and O–H groups in total. The molecule has 6 heteroatoms. The Morgan fingerprint density at radius 2 is 1.95 bits per heavy atom. The standard InChI is InChI=1S/C15H26N2O2S2/c1-4-12(2)11-13(3)17-21(18,19)10-9-20-15-8-6-5-7-14(15)16/h5-8,12-13,17H,4,9-11,16H2,1-3H3. The summed E-state index contributed by atoms with van der Waals surface area (Å²) >= 11 is 1.48. The van der Waals surface area contributed by atoms with Crippen molar-refractivity contribution in [3.8, 4) is 0 Å². The molecular weight excluding hydrogens is 304 g/mol. The van der Waals surface area contributed by atoms with Crippen molar-refractivity contribution < 1.29 is 8.42 Å². The van der Waals surface area contributed by atoms with Gasteiger partial charge in [0.25, 0.3) is 0 Å². The van der Waals surface area contributed by atoms with E-state index in [1.165, 1.54) is 11.8 Å². The third-order valence-electron chi connectivity index (χ3n) is 3.36. The fourth-order valence-electron chi connectivity index (χ4n) is 2.06. The molecule has 0 aliphatic carbocycles. The quantitative estimate of drug-likeness (QED) is 0.539. The fourth-order valence-corrected chi connectivity index (χ4v) is 4.72. The first-order valence-corrected chi connectivity index (χ1v) is 9.95. The number of nitrogens with two attached hydrogens (primary N) is 1. The molecule has 21 heavy (non-hydrogen) atoms. The Kier molecular flexibility index (Phi) is 7.56. The minimum Gasteiger partial charge on any atom is -0.398 e. The molecule has 2 unspecified atom stereocenters. The Hall–Kier alpha value is -0.720. The van der Waals surface area contributed by atoms with Crippen LogP contribution < -0.4 is 10.5 Å². The van der Waals surface area contributed by atoms with Gasteiger partial charge in [0.2, 0.25) is 10.0 Å². The molecule has 0 amide bonds. The van der Waals surface area contributed by atoms with Crippen LogP contribution in [0.3, 0.4) is 0 Å². The first-order valence-electron chi connectivity index (χ1n) is 7.31. The van der Waals surface area contributed by atoms with Crippen LogP contribution in [0, 0.1) is 5.92 Å². The zero-order valence-corrected chi connectivity index (χ0v) is 14.6. The summed E-state index contributed by atoms with van der Waals surface area (Å²) in [7, 11) is -3.23. The van der Waals surface area contributed by atoms with Gasteiger partial charge in [0.15, 0.2) is 0 Å². The number of para-hydroxylation sites is 1. The predicted octanol–water partition coefficient (Wildman–Crippen LogP) is 3.11. The van der Waals surface area contributed by atoms with Gasteiger partial charge in [-0.25, -0.2) is 13.1 Å². The van der Waals surface area contributed by atoms with Gasteiger partial charge in [-0.1, -0.05) is 32.4 Å². The third kappa shape index (κ3) is 7.20. The molecular formula is C15H26N2O2S2. The highest BCUT2D eigenvalue weighted by atomic mass is 32.2. The zero-order chi connectivity index (χ0) is 15.9. The van der Waals surface area contributed by atoms with E-state index >= 15 is 0 Å². The molecule has 1 aromatic rings. The molecule has 4 nitrogen and oxygen atoms in total. The van der Waals surface area contributed by atoms with Gasteiger partial charge in [-0.3, -0.25) is 0 Å². The summed E-state index contributed by atoms with van der Waals surface area (Å²) in [5.74, 6) is 1.14. The van der Waals surface area contributed by atoms with Crippen molar-refractivity contribution in [2.75, 3.05) is 17.2 Å². The predicted molar refractivity (Wildman–Crippen MR) is 92.0 cm³/mol. The number of hydrogen-bond donors (Lipinski definition) is 2. The van der Waals surface area contributed by atoms with Crippen molar-refractivity contribution >= 4 is 27.5 Å². The number of benzene rings is 1. The van der Waals surface area contributed by atoms with E-state index in [4.69, 9.17) is 5.73 Å².